The van der Waals surface area contributed by atoms with Gasteiger partial charge in [-0.2, -0.15) is 0 Å². The summed E-state index contributed by atoms with van der Waals surface area (Å²) in [4.78, 5) is 2.39. The van der Waals surface area contributed by atoms with Crippen molar-refractivity contribution in [3.05, 3.63) is 241 Å². The standard InChI is InChI=1S/C59H36N2S/c1-2-17-38(18-3-1)61-52-27-10-6-21-44(52)47-35-39(32-34-53(47)61)60(54-28-14-30-56-58(54)46-22-7-11-29-55(46)62-56)40-31-33-43-41-19-4-8-24-48(41)59(51(43)36-40)49-25-9-5-20-42(49)45-23-12-15-37-16-13-26-50(59)57(37)45/h1-36H/i4D,8D,19D,24D. The Kier molecular flexibility index (Phi) is 6.19. The van der Waals surface area contributed by atoms with Crippen LogP contribution < -0.4 is 4.90 Å². The van der Waals surface area contributed by atoms with Gasteiger partial charge in [-0.15, -0.1) is 11.3 Å². The summed E-state index contributed by atoms with van der Waals surface area (Å²) in [5, 5.41) is 6.85. The summed E-state index contributed by atoms with van der Waals surface area (Å²) >= 11 is 1.80. The fourth-order valence-corrected chi connectivity index (χ4v) is 12.2. The third-order valence-electron chi connectivity index (χ3n) is 13.5. The molecule has 62 heavy (non-hydrogen) atoms. The Hall–Kier alpha value is -7.72. The van der Waals surface area contributed by atoms with Crippen molar-refractivity contribution < 1.29 is 5.48 Å². The SMILES string of the molecule is [2H]c1c([2H])c([2H])c2c(c1[2H])-c1ccc(N(c3ccc4c(c3)c3ccccc3n4-c3ccccc3)c3cccc4sc5ccccc5c34)cc1C21c2ccccc2-c2cccc3cccc1c23. The predicted octanol–water partition coefficient (Wildman–Crippen LogP) is 16.1. The van der Waals surface area contributed by atoms with E-state index in [-0.39, 0.29) is 24.2 Å². The van der Waals surface area contributed by atoms with E-state index in [1.807, 2.05) is 0 Å². The number of aromatic nitrogens is 1. The van der Waals surface area contributed by atoms with E-state index in [9.17, 15) is 4.11 Å². The van der Waals surface area contributed by atoms with Crippen LogP contribution in [0.5, 0.6) is 0 Å². The molecule has 14 rings (SSSR count). The van der Waals surface area contributed by atoms with Gasteiger partial charge in [0.15, 0.2) is 0 Å². The molecule has 288 valence electrons. The maximum absolute atomic E-state index is 9.83. The average Bonchev–Trinajstić information content (AvgIpc) is 4.01. The summed E-state index contributed by atoms with van der Waals surface area (Å²) in [6, 6.07) is 68.7. The number of fused-ring (bicyclic) bond motifs is 15. The van der Waals surface area contributed by atoms with Crippen molar-refractivity contribution in [2.45, 2.75) is 5.41 Å². The van der Waals surface area contributed by atoms with E-state index in [1.54, 1.807) is 11.3 Å². The molecule has 2 aromatic heterocycles. The minimum Gasteiger partial charge on any atom is -0.310 e. The van der Waals surface area contributed by atoms with Gasteiger partial charge in [0.25, 0.3) is 0 Å². The fraction of sp³-hybridized carbons (Fsp3) is 0.0169. The van der Waals surface area contributed by atoms with Crippen molar-refractivity contribution in [3.63, 3.8) is 0 Å². The van der Waals surface area contributed by atoms with E-state index in [4.69, 9.17) is 1.37 Å². The van der Waals surface area contributed by atoms with Crippen molar-refractivity contribution in [1.29, 1.82) is 0 Å². The summed E-state index contributed by atoms with van der Waals surface area (Å²) in [5.41, 5.74) is 12.4. The van der Waals surface area contributed by atoms with E-state index >= 15 is 0 Å². The lowest BCUT2D eigenvalue weighted by atomic mass is 9.61. The molecule has 0 bridgehead atoms. The van der Waals surface area contributed by atoms with Crippen LogP contribution in [-0.4, -0.2) is 4.57 Å². The lowest BCUT2D eigenvalue weighted by Gasteiger charge is -2.40. The smallest absolute Gasteiger partial charge is 0.0726 e. The van der Waals surface area contributed by atoms with E-state index in [2.05, 4.69) is 204 Å². The Balaban J connectivity index is 1.12. The molecule has 0 saturated heterocycles. The molecule has 2 nitrogen and oxygen atoms in total. The summed E-state index contributed by atoms with van der Waals surface area (Å²) in [7, 11) is 0. The Labute approximate surface area is 368 Å². The zero-order valence-electron chi connectivity index (χ0n) is 37.3. The Bertz CT molecular complexity index is 4070. The second-order valence-electron chi connectivity index (χ2n) is 16.5. The molecule has 1 atom stereocenters. The Morgan fingerprint density at radius 2 is 1.11 bits per heavy atom. The highest BCUT2D eigenvalue weighted by Crippen LogP contribution is 2.62. The van der Waals surface area contributed by atoms with Crippen LogP contribution in [0.1, 0.15) is 27.7 Å². The zero-order chi connectivity index (χ0) is 44.0. The van der Waals surface area contributed by atoms with Crippen molar-refractivity contribution in [3.8, 4) is 27.9 Å². The van der Waals surface area contributed by atoms with Crippen molar-refractivity contribution in [2.24, 2.45) is 0 Å². The molecule has 0 amide bonds. The second kappa shape index (κ2) is 12.7. The van der Waals surface area contributed by atoms with E-state index in [0.717, 1.165) is 88.7 Å². The molecule has 2 aliphatic carbocycles. The van der Waals surface area contributed by atoms with Gasteiger partial charge in [0.2, 0.25) is 0 Å². The van der Waals surface area contributed by atoms with Crippen molar-refractivity contribution in [1.82, 2.24) is 4.57 Å². The third-order valence-corrected chi connectivity index (χ3v) is 14.6. The molecule has 0 N–H and O–H groups in total. The average molecular weight is 809 g/mol. The first kappa shape index (κ1) is 30.3. The maximum Gasteiger partial charge on any atom is 0.0726 e. The first-order valence-corrected chi connectivity index (χ1v) is 21.9. The van der Waals surface area contributed by atoms with Gasteiger partial charge in [-0.05, 0) is 122 Å². The lowest BCUT2D eigenvalue weighted by molar-refractivity contribution is 0.773. The number of anilines is 3. The number of rotatable bonds is 4. The van der Waals surface area contributed by atoms with Crippen molar-refractivity contribution >= 4 is 81.1 Å². The molecule has 1 spiro atoms. The molecule has 0 fully saturated rings. The lowest BCUT2D eigenvalue weighted by Crippen LogP contribution is -2.32. The van der Waals surface area contributed by atoms with Gasteiger partial charge in [-0.25, -0.2) is 0 Å². The summed E-state index contributed by atoms with van der Waals surface area (Å²) in [6.07, 6.45) is 0. The highest BCUT2D eigenvalue weighted by molar-refractivity contribution is 7.26. The number of thiophene rings is 1. The van der Waals surface area contributed by atoms with Crippen LogP contribution in [0.2, 0.25) is 0 Å². The van der Waals surface area contributed by atoms with Crippen LogP contribution >= 0.6 is 11.3 Å². The minimum atomic E-state index is -1.07. The summed E-state index contributed by atoms with van der Waals surface area (Å²) in [6.45, 7) is 0. The van der Waals surface area contributed by atoms with Crippen LogP contribution in [0.3, 0.4) is 0 Å². The maximum atomic E-state index is 9.83. The molecule has 12 aromatic rings. The van der Waals surface area contributed by atoms with Gasteiger partial charge >= 0.3 is 0 Å². The molecule has 0 saturated carbocycles. The normalized spacial score (nSPS) is 15.7. The van der Waals surface area contributed by atoms with E-state index in [0.29, 0.717) is 11.1 Å². The second-order valence-corrected chi connectivity index (χ2v) is 17.5. The number of hydrogen-bond donors (Lipinski definition) is 0. The minimum absolute atomic E-state index is 0.0124. The van der Waals surface area contributed by atoms with Gasteiger partial charge in [0.1, 0.15) is 0 Å². The van der Waals surface area contributed by atoms with Crippen LogP contribution in [0.4, 0.5) is 17.1 Å². The Morgan fingerprint density at radius 3 is 2.05 bits per heavy atom. The van der Waals surface area contributed by atoms with Gasteiger partial charge in [-0.1, -0.05) is 152 Å². The fourth-order valence-electron chi connectivity index (χ4n) is 11.1. The quantitative estimate of drug-likeness (QED) is 0.172. The number of nitrogens with zero attached hydrogens (tertiary/aromatic N) is 2. The van der Waals surface area contributed by atoms with Crippen LogP contribution in [0, 0.1) is 0 Å². The molecule has 1 unspecified atom stereocenters. The molecule has 10 aromatic carbocycles. The predicted molar refractivity (Wildman–Crippen MR) is 262 cm³/mol. The van der Waals surface area contributed by atoms with Crippen LogP contribution in [-0.2, 0) is 5.41 Å². The topological polar surface area (TPSA) is 8.17 Å². The summed E-state index contributed by atoms with van der Waals surface area (Å²) in [5.74, 6) is 0. The van der Waals surface area contributed by atoms with Gasteiger partial charge < -0.3 is 9.47 Å². The number of para-hydroxylation sites is 2. The van der Waals surface area contributed by atoms with Gasteiger partial charge in [0.05, 0.1) is 27.6 Å². The third kappa shape index (κ3) is 4.42. The first-order valence-electron chi connectivity index (χ1n) is 23.1. The molecule has 2 heterocycles. The largest absolute Gasteiger partial charge is 0.310 e. The number of hydrogen-bond acceptors (Lipinski definition) is 2. The molecule has 0 radical (unpaired) electrons. The molecular formula is C59H36N2S. The molecule has 2 aliphatic rings. The highest BCUT2D eigenvalue weighted by Gasteiger charge is 2.50. The number of benzene rings is 10. The van der Waals surface area contributed by atoms with Crippen LogP contribution in [0.25, 0.3) is 80.7 Å². The molecule has 3 heteroatoms. The van der Waals surface area contributed by atoms with E-state index in [1.165, 1.54) is 20.2 Å². The van der Waals surface area contributed by atoms with Crippen LogP contribution in [0.15, 0.2) is 218 Å². The molecular weight excluding hydrogens is 769 g/mol. The highest BCUT2D eigenvalue weighted by atomic mass is 32.1. The van der Waals surface area contributed by atoms with Crippen molar-refractivity contribution in [2.75, 3.05) is 4.90 Å². The first-order chi connectivity index (χ1) is 32.4. The zero-order valence-corrected chi connectivity index (χ0v) is 34.1. The van der Waals surface area contributed by atoms with E-state index < -0.39 is 5.41 Å². The summed E-state index contributed by atoms with van der Waals surface area (Å²) < 4.78 is 42.4. The molecule has 0 aliphatic heterocycles. The monoisotopic (exact) mass is 808 g/mol. The Morgan fingerprint density at radius 1 is 0.435 bits per heavy atom. The van der Waals surface area contributed by atoms with Gasteiger partial charge in [-0.3, -0.25) is 0 Å². The van der Waals surface area contributed by atoms with Gasteiger partial charge in [0, 0.05) is 48.0 Å².